The highest BCUT2D eigenvalue weighted by atomic mass is 35.5. The van der Waals surface area contributed by atoms with Gasteiger partial charge in [-0.3, -0.25) is 4.90 Å². The van der Waals surface area contributed by atoms with Crippen molar-refractivity contribution in [1.82, 2.24) is 15.5 Å². The lowest BCUT2D eigenvalue weighted by atomic mass is 9.94. The molecule has 0 aromatic heterocycles. The largest absolute Gasteiger partial charge is 0.463 e. The van der Waals surface area contributed by atoms with Gasteiger partial charge in [-0.15, -0.1) is 0 Å². The van der Waals surface area contributed by atoms with E-state index in [9.17, 15) is 9.59 Å². The molecular formula is C25H26ClN3O3. The number of carbonyl (C=O) groups excluding carboxylic acids is 2. The molecule has 0 fully saturated rings. The molecule has 0 saturated heterocycles. The van der Waals surface area contributed by atoms with E-state index in [1.165, 1.54) is 11.1 Å². The van der Waals surface area contributed by atoms with Gasteiger partial charge in [0.25, 0.3) is 0 Å². The van der Waals surface area contributed by atoms with Crippen molar-refractivity contribution in [3.63, 3.8) is 0 Å². The molecule has 2 aliphatic heterocycles. The zero-order valence-electron chi connectivity index (χ0n) is 17.9. The van der Waals surface area contributed by atoms with Crippen molar-refractivity contribution in [1.29, 1.82) is 0 Å². The number of nitrogens with zero attached hydrogens (tertiary/aromatic N) is 1. The maximum Gasteiger partial charge on any atom is 0.338 e. The fraction of sp³-hybridized carbons (Fsp3) is 0.280. The molecule has 2 heterocycles. The van der Waals surface area contributed by atoms with Crippen LogP contribution in [0.3, 0.4) is 0 Å². The van der Waals surface area contributed by atoms with Crippen LogP contribution in [0.4, 0.5) is 4.79 Å². The van der Waals surface area contributed by atoms with Crippen molar-refractivity contribution < 1.29 is 14.3 Å². The molecule has 0 bridgehead atoms. The molecule has 32 heavy (non-hydrogen) atoms. The number of hydrogen-bond donors (Lipinski definition) is 2. The van der Waals surface area contributed by atoms with Crippen LogP contribution in [0.5, 0.6) is 0 Å². The highest BCUT2D eigenvalue weighted by Crippen LogP contribution is 2.33. The van der Waals surface area contributed by atoms with Crippen LogP contribution in [0, 0.1) is 0 Å². The van der Waals surface area contributed by atoms with Gasteiger partial charge in [-0.05, 0) is 36.1 Å². The van der Waals surface area contributed by atoms with E-state index in [1.54, 1.807) is 13.0 Å². The number of esters is 1. The summed E-state index contributed by atoms with van der Waals surface area (Å²) in [7, 11) is 0. The van der Waals surface area contributed by atoms with Crippen LogP contribution in [0.15, 0.2) is 71.9 Å². The molecule has 6 nitrogen and oxygen atoms in total. The number of amides is 2. The fourth-order valence-corrected chi connectivity index (χ4v) is 4.37. The molecule has 0 aliphatic carbocycles. The Bertz CT molecular complexity index is 1070. The molecule has 1 unspecified atom stereocenters. The van der Waals surface area contributed by atoms with Gasteiger partial charge in [-0.2, -0.15) is 0 Å². The van der Waals surface area contributed by atoms with Gasteiger partial charge in [0.15, 0.2) is 0 Å². The zero-order valence-corrected chi connectivity index (χ0v) is 18.7. The second kappa shape index (κ2) is 10.0. The van der Waals surface area contributed by atoms with Crippen LogP contribution in [0.2, 0.25) is 5.02 Å². The van der Waals surface area contributed by atoms with Gasteiger partial charge in [-0.1, -0.05) is 66.2 Å². The van der Waals surface area contributed by atoms with Gasteiger partial charge in [0.1, 0.15) is 0 Å². The second-order valence-corrected chi connectivity index (χ2v) is 8.15. The summed E-state index contributed by atoms with van der Waals surface area (Å²) in [6.45, 7) is 3.98. The van der Waals surface area contributed by atoms with E-state index < -0.39 is 12.0 Å². The zero-order chi connectivity index (χ0) is 22.5. The minimum absolute atomic E-state index is 0.242. The summed E-state index contributed by atoms with van der Waals surface area (Å²) in [5.74, 6) is -0.461. The first-order valence-electron chi connectivity index (χ1n) is 10.8. The topological polar surface area (TPSA) is 70.7 Å². The number of nitrogens with one attached hydrogen (secondary N) is 2. The van der Waals surface area contributed by atoms with Crippen molar-refractivity contribution in [3.05, 3.63) is 88.1 Å². The minimum Gasteiger partial charge on any atom is -0.463 e. The van der Waals surface area contributed by atoms with E-state index in [0.717, 1.165) is 19.5 Å². The molecule has 1 atom stereocenters. The number of rotatable bonds is 6. The van der Waals surface area contributed by atoms with Crippen molar-refractivity contribution in [3.8, 4) is 0 Å². The molecule has 2 aliphatic rings. The minimum atomic E-state index is -0.674. The smallest absolute Gasteiger partial charge is 0.338 e. The molecule has 166 valence electrons. The quantitative estimate of drug-likeness (QED) is 0.642. The molecule has 4 rings (SSSR count). The van der Waals surface area contributed by atoms with Gasteiger partial charge < -0.3 is 15.4 Å². The highest BCUT2D eigenvalue weighted by Gasteiger charge is 2.35. The Balaban J connectivity index is 1.62. The Morgan fingerprint density at radius 3 is 2.59 bits per heavy atom. The third kappa shape index (κ3) is 4.87. The lowest BCUT2D eigenvalue weighted by Crippen LogP contribution is -2.49. The van der Waals surface area contributed by atoms with E-state index in [4.69, 9.17) is 16.3 Å². The summed E-state index contributed by atoms with van der Waals surface area (Å²) in [6, 6.07) is 16.5. The molecule has 2 aromatic rings. The predicted molar refractivity (Wildman–Crippen MR) is 125 cm³/mol. The number of ether oxygens (including phenoxy) is 1. The van der Waals surface area contributed by atoms with Crippen LogP contribution >= 0.6 is 11.6 Å². The first-order valence-corrected chi connectivity index (χ1v) is 11.1. The third-order valence-electron chi connectivity index (χ3n) is 5.68. The summed E-state index contributed by atoms with van der Waals surface area (Å²) < 4.78 is 5.34. The van der Waals surface area contributed by atoms with Crippen LogP contribution in [-0.4, -0.2) is 43.1 Å². The average molecular weight is 452 g/mol. The summed E-state index contributed by atoms with van der Waals surface area (Å²) in [4.78, 5) is 27.6. The number of hydrogen-bond acceptors (Lipinski definition) is 4. The Morgan fingerprint density at radius 2 is 1.91 bits per heavy atom. The van der Waals surface area contributed by atoms with Crippen LogP contribution < -0.4 is 10.6 Å². The monoisotopic (exact) mass is 451 g/mol. The molecule has 0 saturated carbocycles. The molecule has 2 N–H and O–H groups in total. The lowest BCUT2D eigenvalue weighted by molar-refractivity contribution is -0.139. The van der Waals surface area contributed by atoms with E-state index in [-0.39, 0.29) is 12.6 Å². The fourth-order valence-electron chi connectivity index (χ4n) is 4.13. The number of carbonyl (C=O) groups is 2. The number of urea groups is 1. The average Bonchev–Trinajstić information content (AvgIpc) is 2.80. The van der Waals surface area contributed by atoms with Gasteiger partial charge in [-0.25, -0.2) is 9.59 Å². The van der Waals surface area contributed by atoms with E-state index in [2.05, 4.69) is 33.7 Å². The normalized spacial score (nSPS) is 19.1. The maximum absolute atomic E-state index is 12.9. The van der Waals surface area contributed by atoms with Crippen molar-refractivity contribution in [2.75, 3.05) is 26.2 Å². The molecule has 0 radical (unpaired) electrons. The second-order valence-electron chi connectivity index (χ2n) is 7.75. The summed E-state index contributed by atoms with van der Waals surface area (Å²) in [5, 5.41) is 6.15. The number of halogens is 1. The molecule has 2 aromatic carbocycles. The lowest BCUT2D eigenvalue weighted by Gasteiger charge is -2.33. The summed E-state index contributed by atoms with van der Waals surface area (Å²) >= 11 is 6.40. The molecule has 7 heteroatoms. The Hall–Kier alpha value is -3.09. The predicted octanol–water partition coefficient (Wildman–Crippen LogP) is 4.30. The Labute approximate surface area is 192 Å². The van der Waals surface area contributed by atoms with Crippen molar-refractivity contribution in [2.45, 2.75) is 19.4 Å². The molecule has 0 spiro atoms. The van der Waals surface area contributed by atoms with Gasteiger partial charge in [0.2, 0.25) is 0 Å². The van der Waals surface area contributed by atoms with Crippen molar-refractivity contribution >= 4 is 29.2 Å². The maximum atomic E-state index is 12.9. The Kier molecular flexibility index (Phi) is 6.93. The highest BCUT2D eigenvalue weighted by molar-refractivity contribution is 6.31. The standard InChI is InChI=1S/C25H26ClN3O3/c1-2-32-24(30)22-21(27-25(31)28-23(22)19-10-6-7-11-20(19)26)16-29-14-12-18(13-15-29)17-8-4-3-5-9-17/h3-12,23H,2,13-16H2,1H3,(H2,27,28,31). The van der Waals surface area contributed by atoms with Crippen LogP contribution in [0.25, 0.3) is 5.57 Å². The summed E-state index contributed by atoms with van der Waals surface area (Å²) in [5.41, 5.74) is 4.14. The van der Waals surface area contributed by atoms with Crippen molar-refractivity contribution in [2.24, 2.45) is 0 Å². The van der Waals surface area contributed by atoms with E-state index in [1.807, 2.05) is 36.4 Å². The first kappa shape index (κ1) is 22.1. The number of benzene rings is 2. The van der Waals surface area contributed by atoms with Crippen LogP contribution in [0.1, 0.15) is 30.5 Å². The van der Waals surface area contributed by atoms with E-state index in [0.29, 0.717) is 28.4 Å². The van der Waals surface area contributed by atoms with Gasteiger partial charge >= 0.3 is 12.0 Å². The van der Waals surface area contributed by atoms with Gasteiger partial charge in [0, 0.05) is 30.4 Å². The molecular weight excluding hydrogens is 426 g/mol. The molecule has 2 amide bonds. The Morgan fingerprint density at radius 1 is 1.16 bits per heavy atom. The van der Waals surface area contributed by atoms with Crippen LogP contribution in [-0.2, 0) is 9.53 Å². The SMILES string of the molecule is CCOC(=O)C1=C(CN2CC=C(c3ccccc3)CC2)NC(=O)NC1c1ccccc1Cl. The third-order valence-corrected chi connectivity index (χ3v) is 6.03. The summed E-state index contributed by atoms with van der Waals surface area (Å²) in [6.07, 6.45) is 3.10. The van der Waals surface area contributed by atoms with E-state index >= 15 is 0 Å². The first-order chi connectivity index (χ1) is 15.6. The van der Waals surface area contributed by atoms with Gasteiger partial charge in [0.05, 0.1) is 18.2 Å².